The predicted molar refractivity (Wildman–Crippen MR) is 82.7 cm³/mol. The first-order valence-electron chi connectivity index (χ1n) is 7.19. The van der Waals surface area contributed by atoms with Gasteiger partial charge in [-0.3, -0.25) is 4.57 Å². The van der Waals surface area contributed by atoms with Crippen molar-refractivity contribution in [2.24, 2.45) is 0 Å². The molecule has 0 spiro atoms. The predicted octanol–water partition coefficient (Wildman–Crippen LogP) is 4.38. The lowest BCUT2D eigenvalue weighted by molar-refractivity contribution is 0.399. The molecule has 2 N–H and O–H groups in total. The number of allylic oxidation sites excluding steroid dienone is 2. The highest BCUT2D eigenvalue weighted by Gasteiger charge is 2.37. The summed E-state index contributed by atoms with van der Waals surface area (Å²) in [5.41, 5.74) is 3.42. The number of rotatable bonds is 1. The van der Waals surface area contributed by atoms with Crippen LogP contribution < -0.4 is 0 Å². The van der Waals surface area contributed by atoms with Gasteiger partial charge in [-0.25, -0.2) is 0 Å². The van der Waals surface area contributed by atoms with Gasteiger partial charge in [0.15, 0.2) is 0 Å². The Balaban J connectivity index is 1.96. The van der Waals surface area contributed by atoms with Crippen LogP contribution in [0.2, 0.25) is 5.02 Å². The SMILES string of the molecule is Cc1ccc(-n2c(O)c3c(c2O)[C@H]2C=C[C@@H]3CC2)cc1Cl. The number of nitrogens with zero attached hydrogens (tertiary/aromatic N) is 1. The standard InChI is InChI=1S/C17H16ClNO2/c1-9-2-7-12(8-13(9)18)19-16(20)14-10-3-4-11(6-5-10)15(14)17(19)21/h2-4,7-8,10-11,20-21H,5-6H2,1H3/t10-,11+. The molecule has 0 saturated heterocycles. The van der Waals surface area contributed by atoms with Crippen molar-refractivity contribution in [3.8, 4) is 17.4 Å². The zero-order valence-electron chi connectivity index (χ0n) is 11.7. The molecule has 2 atom stereocenters. The van der Waals surface area contributed by atoms with Crippen LogP contribution in [0.3, 0.4) is 0 Å². The lowest BCUT2D eigenvalue weighted by Gasteiger charge is -2.30. The Labute approximate surface area is 128 Å². The second-order valence-electron chi connectivity index (χ2n) is 5.92. The van der Waals surface area contributed by atoms with Gasteiger partial charge in [-0.05, 0) is 37.5 Å². The highest BCUT2D eigenvalue weighted by atomic mass is 35.5. The smallest absolute Gasteiger partial charge is 0.202 e. The quantitative estimate of drug-likeness (QED) is 0.768. The fourth-order valence-corrected chi connectivity index (χ4v) is 3.75. The summed E-state index contributed by atoms with van der Waals surface area (Å²) >= 11 is 6.18. The third-order valence-electron chi connectivity index (χ3n) is 4.72. The van der Waals surface area contributed by atoms with Crippen LogP contribution in [0, 0.1) is 6.92 Å². The van der Waals surface area contributed by atoms with Gasteiger partial charge in [-0.1, -0.05) is 29.8 Å². The molecule has 1 heterocycles. The van der Waals surface area contributed by atoms with Crippen LogP contribution in [0.4, 0.5) is 0 Å². The molecule has 3 aliphatic rings. The summed E-state index contributed by atoms with van der Waals surface area (Å²) in [7, 11) is 0. The first kappa shape index (κ1) is 12.8. The Morgan fingerprint density at radius 1 is 1.05 bits per heavy atom. The number of hydrogen-bond donors (Lipinski definition) is 2. The highest BCUT2D eigenvalue weighted by molar-refractivity contribution is 6.31. The van der Waals surface area contributed by atoms with Gasteiger partial charge in [0.2, 0.25) is 11.8 Å². The Hall–Kier alpha value is -1.87. The van der Waals surface area contributed by atoms with E-state index < -0.39 is 0 Å². The number of aryl methyl sites for hydroxylation is 1. The number of fused-ring (bicyclic) bond motifs is 1. The minimum atomic E-state index is 0.140. The molecule has 0 aliphatic heterocycles. The molecule has 5 rings (SSSR count). The number of benzene rings is 1. The largest absolute Gasteiger partial charge is 0.494 e. The zero-order chi connectivity index (χ0) is 14.7. The lowest BCUT2D eigenvalue weighted by atomic mass is 9.73. The molecular weight excluding hydrogens is 286 g/mol. The number of aromatic hydroxyl groups is 2. The molecule has 0 fully saturated rings. The fraction of sp³-hybridized carbons (Fsp3) is 0.294. The summed E-state index contributed by atoms with van der Waals surface area (Å²) in [6, 6.07) is 5.53. The number of hydrogen-bond acceptors (Lipinski definition) is 2. The molecule has 1 aromatic carbocycles. The normalized spacial score (nSPS) is 22.6. The van der Waals surface area contributed by atoms with Crippen LogP contribution in [0.15, 0.2) is 30.4 Å². The van der Waals surface area contributed by atoms with E-state index in [1.807, 2.05) is 19.1 Å². The average Bonchev–Trinajstić information content (AvgIpc) is 2.78. The van der Waals surface area contributed by atoms with Crippen molar-refractivity contribution in [1.29, 1.82) is 0 Å². The van der Waals surface area contributed by atoms with Gasteiger partial charge in [0.25, 0.3) is 0 Å². The maximum atomic E-state index is 10.6. The molecule has 0 unspecified atom stereocenters. The summed E-state index contributed by atoms with van der Waals surface area (Å²) < 4.78 is 1.51. The Morgan fingerprint density at radius 2 is 1.62 bits per heavy atom. The van der Waals surface area contributed by atoms with Crippen molar-refractivity contribution >= 4 is 11.6 Å². The van der Waals surface area contributed by atoms with Gasteiger partial charge in [0.05, 0.1) is 5.69 Å². The Bertz CT molecular complexity index is 738. The summed E-state index contributed by atoms with van der Waals surface area (Å²) in [5.74, 6) is 0.694. The minimum Gasteiger partial charge on any atom is -0.494 e. The molecule has 2 aromatic rings. The monoisotopic (exact) mass is 301 g/mol. The number of aromatic nitrogens is 1. The van der Waals surface area contributed by atoms with Gasteiger partial charge < -0.3 is 10.2 Å². The van der Waals surface area contributed by atoms with Crippen molar-refractivity contribution < 1.29 is 10.2 Å². The van der Waals surface area contributed by atoms with Crippen LogP contribution in [-0.2, 0) is 0 Å². The van der Waals surface area contributed by atoms with E-state index in [1.54, 1.807) is 6.07 Å². The maximum Gasteiger partial charge on any atom is 0.202 e. The summed E-state index contributed by atoms with van der Waals surface area (Å²) in [6.45, 7) is 1.93. The van der Waals surface area contributed by atoms with Crippen LogP contribution in [0.1, 0.15) is 41.4 Å². The first-order chi connectivity index (χ1) is 10.1. The van der Waals surface area contributed by atoms with Gasteiger partial charge in [-0.15, -0.1) is 0 Å². The topological polar surface area (TPSA) is 45.4 Å². The van der Waals surface area contributed by atoms with Gasteiger partial charge in [0, 0.05) is 28.0 Å². The first-order valence-corrected chi connectivity index (χ1v) is 7.57. The molecular formula is C17H16ClNO2. The van der Waals surface area contributed by atoms with Crippen molar-refractivity contribution in [2.45, 2.75) is 31.6 Å². The van der Waals surface area contributed by atoms with Crippen LogP contribution >= 0.6 is 11.6 Å². The summed E-state index contributed by atoms with van der Waals surface area (Å²) in [4.78, 5) is 0. The van der Waals surface area contributed by atoms with Crippen molar-refractivity contribution in [3.63, 3.8) is 0 Å². The lowest BCUT2D eigenvalue weighted by Crippen LogP contribution is -2.15. The second-order valence-corrected chi connectivity index (χ2v) is 6.33. The van der Waals surface area contributed by atoms with E-state index in [0.29, 0.717) is 10.7 Å². The molecule has 21 heavy (non-hydrogen) atoms. The van der Waals surface area contributed by atoms with E-state index in [-0.39, 0.29) is 23.6 Å². The molecule has 2 bridgehead atoms. The van der Waals surface area contributed by atoms with Gasteiger partial charge in [0.1, 0.15) is 0 Å². The molecule has 108 valence electrons. The number of halogens is 1. The molecule has 1 aromatic heterocycles. The van der Waals surface area contributed by atoms with E-state index in [0.717, 1.165) is 29.5 Å². The molecule has 4 heteroatoms. The molecule has 0 saturated carbocycles. The molecule has 3 aliphatic carbocycles. The fourth-order valence-electron chi connectivity index (χ4n) is 3.58. The third kappa shape index (κ3) is 1.67. The zero-order valence-corrected chi connectivity index (χ0v) is 12.4. The highest BCUT2D eigenvalue weighted by Crippen LogP contribution is 2.54. The average molecular weight is 302 g/mol. The third-order valence-corrected chi connectivity index (χ3v) is 5.12. The van der Waals surface area contributed by atoms with E-state index >= 15 is 0 Å². The molecule has 0 radical (unpaired) electrons. The minimum absolute atomic E-state index is 0.140. The molecule has 3 nitrogen and oxygen atoms in total. The van der Waals surface area contributed by atoms with Crippen LogP contribution in [-0.4, -0.2) is 14.8 Å². The Kier molecular flexibility index (Phi) is 2.64. The van der Waals surface area contributed by atoms with E-state index in [9.17, 15) is 10.2 Å². The van der Waals surface area contributed by atoms with E-state index in [2.05, 4.69) is 12.2 Å². The van der Waals surface area contributed by atoms with Crippen molar-refractivity contribution in [2.75, 3.05) is 0 Å². The van der Waals surface area contributed by atoms with Crippen molar-refractivity contribution in [1.82, 2.24) is 4.57 Å². The second kappa shape index (κ2) is 4.31. The van der Waals surface area contributed by atoms with Crippen LogP contribution in [0.5, 0.6) is 11.8 Å². The maximum absolute atomic E-state index is 10.6. The van der Waals surface area contributed by atoms with Gasteiger partial charge in [-0.2, -0.15) is 0 Å². The summed E-state index contributed by atoms with van der Waals surface area (Å²) in [6.07, 6.45) is 6.34. The van der Waals surface area contributed by atoms with E-state index in [4.69, 9.17) is 11.6 Å². The Morgan fingerprint density at radius 3 is 2.10 bits per heavy atom. The van der Waals surface area contributed by atoms with Crippen LogP contribution in [0.25, 0.3) is 5.69 Å². The van der Waals surface area contributed by atoms with Crippen molar-refractivity contribution in [3.05, 3.63) is 52.1 Å². The van der Waals surface area contributed by atoms with Gasteiger partial charge >= 0.3 is 0 Å². The van der Waals surface area contributed by atoms with E-state index in [1.165, 1.54) is 4.57 Å². The summed E-state index contributed by atoms with van der Waals surface area (Å²) in [5, 5.41) is 21.9. The molecule has 0 amide bonds.